The van der Waals surface area contributed by atoms with E-state index in [4.69, 9.17) is 25.8 Å². The van der Waals surface area contributed by atoms with Gasteiger partial charge < -0.3 is 24.2 Å². The number of benzene rings is 2. The molecule has 1 saturated carbocycles. The van der Waals surface area contributed by atoms with Crippen LogP contribution in [0.2, 0.25) is 5.02 Å². The van der Waals surface area contributed by atoms with Gasteiger partial charge in [-0.15, -0.1) is 0 Å². The molecule has 2 aromatic carbocycles. The Balaban J connectivity index is 1.23. The molecule has 7 atom stereocenters. The smallest absolute Gasteiger partial charge is 0.262 e. The lowest BCUT2D eigenvalue weighted by Gasteiger charge is -2.49. The number of nitrogens with one attached hydrogen (secondary N) is 1. The van der Waals surface area contributed by atoms with E-state index in [1.807, 2.05) is 44.2 Å². The number of allylic oxidation sites excluding steroid dienone is 1. The van der Waals surface area contributed by atoms with Gasteiger partial charge in [0.1, 0.15) is 11.4 Å². The van der Waals surface area contributed by atoms with Gasteiger partial charge >= 0.3 is 0 Å². The number of aryl methyl sites for hydroxylation is 1. The molecule has 2 fully saturated rings. The molecule has 2 aliphatic carbocycles. The van der Waals surface area contributed by atoms with Crippen LogP contribution in [0.15, 0.2) is 48.6 Å². The summed E-state index contributed by atoms with van der Waals surface area (Å²) in [6.45, 7) is 10.6. The van der Waals surface area contributed by atoms with Crippen molar-refractivity contribution in [2.45, 2.75) is 68.6 Å². The van der Waals surface area contributed by atoms with Crippen molar-refractivity contribution in [2.75, 3.05) is 70.7 Å². The van der Waals surface area contributed by atoms with Crippen molar-refractivity contribution in [1.82, 2.24) is 9.62 Å². The molecule has 0 aromatic heterocycles. The summed E-state index contributed by atoms with van der Waals surface area (Å²) < 4.78 is 35.1. The van der Waals surface area contributed by atoms with Gasteiger partial charge in [-0.2, -0.15) is 0 Å². The van der Waals surface area contributed by atoms with E-state index in [1.165, 1.54) is 11.1 Å². The maximum Gasteiger partial charge on any atom is 0.262 e. The van der Waals surface area contributed by atoms with Crippen molar-refractivity contribution in [3.05, 3.63) is 70.3 Å². The standard InChI is InChI=1S/C40H54ClN3O6S/c1-28-6-4-15-40(46,27-49-21-18-43-16-19-48-20-17-43)35-11-8-32(35)24-44-25-39(14-5-7-30-22-33(41)10-12-34(30)39)26-50-37-13-9-31(23-36(37)44)38(45)42-51(3,47)29(28)2/h4,9-10,12-13,15,22-23,28-29,32,35,46H,3,5-8,11,14,16-21,24-27H2,1-2H3,(H,42,45,47)/b15-4+/t28-,29+,32-,35+,39-,40-,51?/m0/s1. The Labute approximate surface area is 308 Å². The zero-order valence-electron chi connectivity index (χ0n) is 30.1. The van der Waals surface area contributed by atoms with Crippen LogP contribution < -0.4 is 14.4 Å². The van der Waals surface area contributed by atoms with Crippen LogP contribution in [0.3, 0.4) is 0 Å². The lowest BCUT2D eigenvalue weighted by molar-refractivity contribution is -0.0981. The molecule has 51 heavy (non-hydrogen) atoms. The molecule has 2 N–H and O–H groups in total. The summed E-state index contributed by atoms with van der Waals surface area (Å²) in [5.41, 5.74) is 2.37. The van der Waals surface area contributed by atoms with Crippen molar-refractivity contribution in [3.8, 4) is 5.75 Å². The molecule has 278 valence electrons. The molecule has 5 aliphatic rings. The Hall–Kier alpha value is -2.60. The number of fused-ring (bicyclic) bond motifs is 4. The fourth-order valence-electron chi connectivity index (χ4n) is 8.88. The van der Waals surface area contributed by atoms with Gasteiger partial charge in [0, 0.05) is 54.0 Å². The molecule has 7 rings (SSSR count). The Morgan fingerprint density at radius 2 is 1.98 bits per heavy atom. The second kappa shape index (κ2) is 15.0. The topological polar surface area (TPSA) is 101 Å². The number of hydrogen-bond donors (Lipinski definition) is 2. The number of ether oxygens (including phenoxy) is 3. The fraction of sp³-hybridized carbons (Fsp3) is 0.600. The maximum absolute atomic E-state index is 13.9. The molecule has 1 amide bonds. The minimum atomic E-state index is -2.99. The van der Waals surface area contributed by atoms with Crippen LogP contribution in [0.4, 0.5) is 5.69 Å². The second-order valence-electron chi connectivity index (χ2n) is 15.7. The summed E-state index contributed by atoms with van der Waals surface area (Å²) >= 11 is 6.48. The minimum Gasteiger partial charge on any atom is -0.490 e. The number of aliphatic hydroxyl groups is 1. The largest absolute Gasteiger partial charge is 0.490 e. The highest BCUT2D eigenvalue weighted by molar-refractivity contribution is 7.99. The monoisotopic (exact) mass is 739 g/mol. The number of nitrogens with zero attached hydrogens (tertiary/aromatic N) is 2. The first-order valence-electron chi connectivity index (χ1n) is 18.7. The van der Waals surface area contributed by atoms with E-state index in [0.29, 0.717) is 38.3 Å². The van der Waals surface area contributed by atoms with E-state index in [0.717, 1.165) is 81.4 Å². The molecular weight excluding hydrogens is 686 g/mol. The van der Waals surface area contributed by atoms with Crippen molar-refractivity contribution in [2.24, 2.45) is 17.8 Å². The summed E-state index contributed by atoms with van der Waals surface area (Å²) in [7, 11) is -2.99. The predicted molar refractivity (Wildman–Crippen MR) is 205 cm³/mol. The number of carbonyl (C=O) groups is 1. The number of rotatable bonds is 5. The average molecular weight is 740 g/mol. The van der Waals surface area contributed by atoms with Crippen LogP contribution in [-0.4, -0.2) is 103 Å². The fourth-order valence-corrected chi connectivity index (χ4v) is 10.6. The van der Waals surface area contributed by atoms with Gasteiger partial charge in [-0.1, -0.05) is 36.7 Å². The zero-order valence-corrected chi connectivity index (χ0v) is 31.7. The molecule has 3 aliphatic heterocycles. The van der Waals surface area contributed by atoms with Gasteiger partial charge in [-0.25, -0.2) is 4.21 Å². The third kappa shape index (κ3) is 7.73. The summed E-state index contributed by atoms with van der Waals surface area (Å²) in [5.74, 6) is 4.46. The molecule has 1 spiro atoms. The van der Waals surface area contributed by atoms with Crippen LogP contribution in [-0.2, 0) is 31.0 Å². The van der Waals surface area contributed by atoms with Gasteiger partial charge in [-0.3, -0.25) is 14.4 Å². The number of anilines is 1. The van der Waals surface area contributed by atoms with Gasteiger partial charge in [-0.05, 0) is 111 Å². The van der Waals surface area contributed by atoms with Crippen LogP contribution in [0.25, 0.3) is 0 Å². The van der Waals surface area contributed by atoms with Crippen molar-refractivity contribution >= 4 is 38.8 Å². The predicted octanol–water partition coefficient (Wildman–Crippen LogP) is 5.26. The van der Waals surface area contributed by atoms with Crippen LogP contribution in [0.1, 0.15) is 67.4 Å². The highest BCUT2D eigenvalue weighted by atomic mass is 35.5. The van der Waals surface area contributed by atoms with Gasteiger partial charge in [0.25, 0.3) is 5.91 Å². The molecule has 0 radical (unpaired) electrons. The summed E-state index contributed by atoms with van der Waals surface area (Å²) in [4.78, 5) is 18.4. The summed E-state index contributed by atoms with van der Waals surface area (Å²) in [5, 5.41) is 12.8. The Morgan fingerprint density at radius 3 is 2.76 bits per heavy atom. The minimum absolute atomic E-state index is 0.0117. The lowest BCUT2D eigenvalue weighted by atomic mass is 9.64. The Morgan fingerprint density at radius 1 is 1.16 bits per heavy atom. The van der Waals surface area contributed by atoms with Crippen LogP contribution >= 0.6 is 11.6 Å². The molecule has 11 heteroatoms. The van der Waals surface area contributed by atoms with E-state index in [2.05, 4.69) is 32.5 Å². The first-order chi connectivity index (χ1) is 24.5. The Bertz CT molecular complexity index is 1730. The number of carbonyl (C=O) groups excluding carboxylic acids is 1. The van der Waals surface area contributed by atoms with Crippen LogP contribution in [0, 0.1) is 17.8 Å². The Kier molecular flexibility index (Phi) is 10.8. The van der Waals surface area contributed by atoms with E-state index in [-0.39, 0.29) is 29.8 Å². The van der Waals surface area contributed by atoms with E-state index in [9.17, 15) is 14.1 Å². The number of amides is 1. The van der Waals surface area contributed by atoms with Crippen molar-refractivity contribution in [1.29, 1.82) is 0 Å². The highest BCUT2D eigenvalue weighted by Gasteiger charge is 2.48. The van der Waals surface area contributed by atoms with Crippen molar-refractivity contribution in [3.63, 3.8) is 0 Å². The van der Waals surface area contributed by atoms with Crippen molar-refractivity contribution < 1.29 is 28.3 Å². The molecule has 2 aromatic rings. The zero-order chi connectivity index (χ0) is 35.8. The van der Waals surface area contributed by atoms with Gasteiger partial charge in [0.15, 0.2) is 0 Å². The number of halogens is 1. The van der Waals surface area contributed by atoms with E-state index >= 15 is 0 Å². The van der Waals surface area contributed by atoms with E-state index < -0.39 is 26.5 Å². The highest BCUT2D eigenvalue weighted by Crippen LogP contribution is 2.48. The SMILES string of the molecule is C=S1(=O)NC(=O)c2ccc3c(c2)N(C[C@@H]2CC[C@H]2[C@@](O)(COCCN2CCOCC2)/C=C/C[C@H](C)[C@H]1C)C[C@@]1(CCCc2cc(Cl)ccc21)CO3. The average Bonchev–Trinajstić information content (AvgIpc) is 3.24. The summed E-state index contributed by atoms with van der Waals surface area (Å²) in [6.07, 6.45) is 9.40. The first-order valence-corrected chi connectivity index (χ1v) is 20.9. The van der Waals surface area contributed by atoms with Gasteiger partial charge in [0.2, 0.25) is 0 Å². The van der Waals surface area contributed by atoms with Gasteiger partial charge in [0.05, 0.1) is 48.4 Å². The molecule has 2 bridgehead atoms. The molecule has 1 unspecified atom stereocenters. The maximum atomic E-state index is 13.9. The normalized spacial score (nSPS) is 35.1. The van der Waals surface area contributed by atoms with E-state index in [1.54, 1.807) is 6.07 Å². The lowest BCUT2D eigenvalue weighted by Crippen LogP contribution is -2.54. The number of morpholine rings is 1. The number of hydrogen-bond acceptors (Lipinski definition) is 8. The molecular formula is C40H54ClN3O6S. The second-order valence-corrected chi connectivity index (χ2v) is 18.5. The molecule has 9 nitrogen and oxygen atoms in total. The quantitative estimate of drug-likeness (QED) is 0.244. The molecule has 1 saturated heterocycles. The third-order valence-electron chi connectivity index (χ3n) is 12.4. The molecule has 3 heterocycles. The third-order valence-corrected chi connectivity index (χ3v) is 14.8. The van der Waals surface area contributed by atoms with Crippen LogP contribution in [0.5, 0.6) is 5.75 Å². The first kappa shape index (κ1) is 36.7. The summed E-state index contributed by atoms with van der Waals surface area (Å²) in [6, 6.07) is 11.8.